The van der Waals surface area contributed by atoms with E-state index in [1.165, 1.54) is 16.0 Å². The van der Waals surface area contributed by atoms with Crippen molar-refractivity contribution in [2.75, 3.05) is 26.8 Å². The van der Waals surface area contributed by atoms with Crippen LogP contribution in [-0.4, -0.2) is 52.0 Å². The van der Waals surface area contributed by atoms with Crippen molar-refractivity contribution in [2.45, 2.75) is 44.2 Å². The first-order valence-corrected chi connectivity index (χ1v) is 10.5. The molecule has 0 aromatic carbocycles. The van der Waals surface area contributed by atoms with Crippen molar-refractivity contribution in [3.05, 3.63) is 37.7 Å². The van der Waals surface area contributed by atoms with Crippen LogP contribution in [-0.2, 0) is 11.3 Å². The number of methoxy groups -OCH3 is 1. The Bertz CT molecular complexity index is 886. The van der Waals surface area contributed by atoms with Gasteiger partial charge < -0.3 is 9.64 Å². The number of halogens is 1. The Morgan fingerprint density at radius 3 is 2.85 bits per heavy atom. The zero-order valence-corrected chi connectivity index (χ0v) is 16.8. The molecule has 0 bridgehead atoms. The monoisotopic (exact) mass is 410 g/mol. The van der Waals surface area contributed by atoms with Crippen molar-refractivity contribution in [1.29, 1.82) is 0 Å². The summed E-state index contributed by atoms with van der Waals surface area (Å²) < 4.78 is 9.08. The lowest BCUT2D eigenvalue weighted by atomic mass is 9.97. The minimum atomic E-state index is -0.0574. The van der Waals surface area contributed by atoms with Crippen LogP contribution >= 0.6 is 22.9 Å². The second-order valence-corrected chi connectivity index (χ2v) is 8.87. The van der Waals surface area contributed by atoms with Gasteiger partial charge in [-0.15, -0.1) is 11.3 Å². The molecule has 2 aromatic rings. The largest absolute Gasteiger partial charge is 0.383 e. The molecule has 3 heterocycles. The molecule has 2 aromatic heterocycles. The van der Waals surface area contributed by atoms with Crippen molar-refractivity contribution in [1.82, 2.24) is 19.2 Å². The first-order valence-electron chi connectivity index (χ1n) is 9.31. The molecule has 7 nitrogen and oxygen atoms in total. The maximum Gasteiger partial charge on any atom is 0.346 e. The lowest BCUT2D eigenvalue weighted by Gasteiger charge is -2.32. The summed E-state index contributed by atoms with van der Waals surface area (Å²) >= 11 is 7.28. The Labute approximate surface area is 166 Å². The molecule has 1 saturated heterocycles. The van der Waals surface area contributed by atoms with E-state index in [0.29, 0.717) is 28.9 Å². The van der Waals surface area contributed by atoms with Gasteiger partial charge in [0.05, 0.1) is 22.4 Å². The second-order valence-electron chi connectivity index (χ2n) is 7.15. The molecule has 1 saturated carbocycles. The molecule has 9 heteroatoms. The molecule has 1 atom stereocenters. The molecule has 1 amide bonds. The number of hydrogen-bond acceptors (Lipinski definition) is 5. The zero-order chi connectivity index (χ0) is 19.0. The van der Waals surface area contributed by atoms with Gasteiger partial charge in [-0.05, 0) is 37.8 Å². The van der Waals surface area contributed by atoms with Crippen LogP contribution in [0.2, 0.25) is 4.34 Å². The van der Waals surface area contributed by atoms with E-state index in [9.17, 15) is 9.59 Å². The Kier molecular flexibility index (Phi) is 5.39. The highest BCUT2D eigenvalue weighted by atomic mass is 35.5. The van der Waals surface area contributed by atoms with E-state index in [4.69, 9.17) is 16.3 Å². The molecule has 2 aliphatic rings. The number of aromatic nitrogens is 3. The van der Waals surface area contributed by atoms with Crippen LogP contribution in [0.1, 0.15) is 53.1 Å². The highest BCUT2D eigenvalue weighted by Gasteiger charge is 2.35. The van der Waals surface area contributed by atoms with Crippen molar-refractivity contribution in [3.63, 3.8) is 0 Å². The molecule has 4 rings (SSSR count). The van der Waals surface area contributed by atoms with E-state index in [0.717, 1.165) is 38.1 Å². The SMILES string of the molecule is COCCn1nc(C2CCCN(C(=O)c3ccc(Cl)s3)C2)n(C2CC2)c1=O. The van der Waals surface area contributed by atoms with E-state index >= 15 is 0 Å². The number of ether oxygens (including phenoxy) is 1. The predicted molar refractivity (Wildman–Crippen MR) is 104 cm³/mol. The standard InChI is InChI=1S/C18H23ClN4O3S/c1-26-10-9-22-18(25)23(13-4-5-13)16(20-22)12-3-2-8-21(11-12)17(24)14-6-7-15(19)27-14/h6-7,12-13H,2-5,8-11H2,1H3. The number of rotatable bonds is 6. The smallest absolute Gasteiger partial charge is 0.346 e. The number of hydrogen-bond donors (Lipinski definition) is 0. The maximum atomic E-state index is 12.8. The van der Waals surface area contributed by atoms with Gasteiger partial charge in [0.1, 0.15) is 5.82 Å². The average molecular weight is 411 g/mol. The van der Waals surface area contributed by atoms with Crippen LogP contribution in [0, 0.1) is 0 Å². The summed E-state index contributed by atoms with van der Waals surface area (Å²) in [6.45, 7) is 2.21. The van der Waals surface area contributed by atoms with Crippen LogP contribution in [0.3, 0.4) is 0 Å². The fourth-order valence-electron chi connectivity index (χ4n) is 3.67. The molecule has 1 unspecified atom stereocenters. The van der Waals surface area contributed by atoms with Crippen LogP contribution in [0.25, 0.3) is 0 Å². The lowest BCUT2D eigenvalue weighted by Crippen LogP contribution is -2.39. The lowest BCUT2D eigenvalue weighted by molar-refractivity contribution is 0.0708. The van der Waals surface area contributed by atoms with Gasteiger partial charge >= 0.3 is 5.69 Å². The van der Waals surface area contributed by atoms with Crippen molar-refractivity contribution >= 4 is 28.8 Å². The summed E-state index contributed by atoms with van der Waals surface area (Å²) in [5.41, 5.74) is -0.0574. The van der Waals surface area contributed by atoms with Gasteiger partial charge in [0.25, 0.3) is 5.91 Å². The highest BCUT2D eigenvalue weighted by molar-refractivity contribution is 7.17. The number of amides is 1. The zero-order valence-electron chi connectivity index (χ0n) is 15.3. The number of carbonyl (C=O) groups excluding carboxylic acids is 1. The summed E-state index contributed by atoms with van der Waals surface area (Å²) in [4.78, 5) is 28.1. The molecule has 0 radical (unpaired) electrons. The van der Waals surface area contributed by atoms with E-state index in [-0.39, 0.29) is 23.6 Å². The fraction of sp³-hybridized carbons (Fsp3) is 0.611. The van der Waals surface area contributed by atoms with Crippen LogP contribution in [0.4, 0.5) is 0 Å². The Hall–Kier alpha value is -1.64. The number of carbonyl (C=O) groups is 1. The first kappa shape index (κ1) is 18.7. The Balaban J connectivity index is 1.57. The summed E-state index contributed by atoms with van der Waals surface area (Å²) in [6, 6.07) is 3.78. The van der Waals surface area contributed by atoms with E-state index in [1.807, 2.05) is 9.47 Å². The predicted octanol–water partition coefficient (Wildman–Crippen LogP) is 2.76. The van der Waals surface area contributed by atoms with Crippen molar-refractivity contribution < 1.29 is 9.53 Å². The van der Waals surface area contributed by atoms with Crippen molar-refractivity contribution in [3.8, 4) is 0 Å². The molecule has 146 valence electrons. The van der Waals surface area contributed by atoms with Gasteiger partial charge in [-0.25, -0.2) is 9.48 Å². The van der Waals surface area contributed by atoms with Gasteiger partial charge in [-0.2, -0.15) is 5.10 Å². The third kappa shape index (κ3) is 3.83. The average Bonchev–Trinajstić information content (AvgIpc) is 3.33. The summed E-state index contributed by atoms with van der Waals surface area (Å²) in [5.74, 6) is 0.909. The van der Waals surface area contributed by atoms with Gasteiger partial charge in [-0.1, -0.05) is 11.6 Å². The second kappa shape index (κ2) is 7.77. The third-order valence-corrected chi connectivity index (χ3v) is 6.39. The van der Waals surface area contributed by atoms with E-state index < -0.39 is 0 Å². The molecule has 1 aliphatic heterocycles. The fourth-order valence-corrected chi connectivity index (χ4v) is 4.68. The van der Waals surface area contributed by atoms with Gasteiger partial charge in [0.2, 0.25) is 0 Å². The minimum absolute atomic E-state index is 0.00994. The summed E-state index contributed by atoms with van der Waals surface area (Å²) in [7, 11) is 1.62. The summed E-state index contributed by atoms with van der Waals surface area (Å²) in [5, 5.41) is 4.63. The van der Waals surface area contributed by atoms with Crippen LogP contribution < -0.4 is 5.69 Å². The molecule has 1 aliphatic carbocycles. The van der Waals surface area contributed by atoms with Gasteiger partial charge in [-0.3, -0.25) is 9.36 Å². The molecule has 27 heavy (non-hydrogen) atoms. The highest BCUT2D eigenvalue weighted by Crippen LogP contribution is 2.37. The number of likely N-dealkylation sites (tertiary alicyclic amines) is 1. The molecular weight excluding hydrogens is 388 g/mol. The number of piperidine rings is 1. The van der Waals surface area contributed by atoms with E-state index in [1.54, 1.807) is 19.2 Å². The Morgan fingerprint density at radius 2 is 2.19 bits per heavy atom. The van der Waals surface area contributed by atoms with Gasteiger partial charge in [0.15, 0.2) is 0 Å². The summed E-state index contributed by atoms with van der Waals surface area (Å²) in [6.07, 6.45) is 3.87. The quantitative estimate of drug-likeness (QED) is 0.734. The van der Waals surface area contributed by atoms with Gasteiger partial charge in [0, 0.05) is 32.2 Å². The number of thiophene rings is 1. The molecule has 0 spiro atoms. The third-order valence-electron chi connectivity index (χ3n) is 5.17. The van der Waals surface area contributed by atoms with Crippen LogP contribution in [0.5, 0.6) is 0 Å². The van der Waals surface area contributed by atoms with E-state index in [2.05, 4.69) is 5.10 Å². The molecule has 0 N–H and O–H groups in total. The number of nitrogens with zero attached hydrogens (tertiary/aromatic N) is 4. The molecular formula is C18H23ClN4O3S. The normalized spacial score (nSPS) is 20.2. The Morgan fingerprint density at radius 1 is 1.37 bits per heavy atom. The minimum Gasteiger partial charge on any atom is -0.383 e. The topological polar surface area (TPSA) is 69.4 Å². The molecule has 2 fully saturated rings. The first-order chi connectivity index (χ1) is 13.1. The van der Waals surface area contributed by atoms with Crippen LogP contribution in [0.15, 0.2) is 16.9 Å². The van der Waals surface area contributed by atoms with Crippen molar-refractivity contribution in [2.24, 2.45) is 0 Å². The maximum absolute atomic E-state index is 12.8.